The zero-order chi connectivity index (χ0) is 10.3. The topological polar surface area (TPSA) is 9.23 Å². The molecule has 1 nitrogen and oxygen atoms in total. The Hall–Kier alpha value is 0.177. The molecule has 13 heavy (non-hydrogen) atoms. The predicted octanol–water partition coefficient (Wildman–Crippen LogP) is 3.74. The van der Waals surface area contributed by atoms with Crippen molar-refractivity contribution in [1.82, 2.24) is 0 Å². The maximum absolute atomic E-state index is 5.72. The Bertz CT molecular complexity index is 105. The lowest BCUT2D eigenvalue weighted by molar-refractivity contribution is 0.389. The molecule has 0 aromatic carbocycles. The zero-order valence-corrected chi connectivity index (χ0v) is 11.1. The third-order valence-electron chi connectivity index (χ3n) is 2.88. The van der Waals surface area contributed by atoms with Gasteiger partial charge in [0.05, 0.1) is 0 Å². The molecule has 0 amide bonds. The van der Waals surface area contributed by atoms with Crippen molar-refractivity contribution in [2.24, 2.45) is 0 Å². The summed E-state index contributed by atoms with van der Waals surface area (Å²) in [5.74, 6) is 0. The van der Waals surface area contributed by atoms with E-state index in [1.54, 1.807) is 0 Å². The molecule has 0 aliphatic heterocycles. The van der Waals surface area contributed by atoms with Crippen molar-refractivity contribution in [1.29, 1.82) is 0 Å². The Balaban J connectivity index is 3.98. The number of hydrogen-bond donors (Lipinski definition) is 0. The summed E-state index contributed by atoms with van der Waals surface area (Å²) >= 11 is 0. The lowest BCUT2D eigenvalue weighted by atomic mass is 10.2. The summed E-state index contributed by atoms with van der Waals surface area (Å²) in [5.41, 5.74) is 1.69. The minimum absolute atomic E-state index is 0.844. The van der Waals surface area contributed by atoms with Crippen LogP contribution in [-0.4, -0.2) is 16.2 Å². The van der Waals surface area contributed by atoms with Crippen LogP contribution in [0.3, 0.4) is 0 Å². The predicted molar refractivity (Wildman–Crippen MR) is 62.8 cm³/mol. The van der Waals surface area contributed by atoms with E-state index in [1.165, 1.54) is 25.7 Å². The summed E-state index contributed by atoms with van der Waals surface area (Å²) in [5, 5.41) is 0. The molecule has 0 heterocycles. The maximum atomic E-state index is 5.72. The molecule has 0 rings (SSSR count). The fourth-order valence-electron chi connectivity index (χ4n) is 2.26. The summed E-state index contributed by atoms with van der Waals surface area (Å²) in [6.45, 7) is 9.27. The molecule has 0 saturated heterocycles. The summed E-state index contributed by atoms with van der Waals surface area (Å²) < 4.78 is 5.72. The molecule has 2 atom stereocenters. The molecule has 0 aliphatic rings. The minimum Gasteiger partial charge on any atom is -0.423 e. The van der Waals surface area contributed by atoms with Gasteiger partial charge < -0.3 is 4.43 Å². The van der Waals surface area contributed by atoms with Crippen molar-refractivity contribution < 1.29 is 4.43 Å². The molecular formula is C11H26OSi. The summed E-state index contributed by atoms with van der Waals surface area (Å²) in [6, 6.07) is 0. The molecule has 0 aliphatic carbocycles. The average Bonchev–Trinajstić information content (AvgIpc) is 2.06. The first-order valence-corrected chi connectivity index (χ1v) is 7.50. The molecule has 2 heteroatoms. The molecule has 0 spiro atoms. The van der Waals surface area contributed by atoms with E-state index in [-0.39, 0.29) is 0 Å². The third-order valence-corrected chi connectivity index (χ3v) is 6.34. The SMILES string of the molecule is CCCC(C)[SiH](OC)C(C)CCC. The maximum Gasteiger partial charge on any atom is 0.181 e. The molecule has 2 unspecified atom stereocenters. The van der Waals surface area contributed by atoms with Gasteiger partial charge >= 0.3 is 0 Å². The smallest absolute Gasteiger partial charge is 0.181 e. The first-order valence-electron chi connectivity index (χ1n) is 5.70. The quantitative estimate of drug-likeness (QED) is 0.572. The fourth-order valence-corrected chi connectivity index (χ4v) is 5.64. The second kappa shape index (κ2) is 7.57. The van der Waals surface area contributed by atoms with E-state index < -0.39 is 9.04 Å². The molecular weight excluding hydrogens is 176 g/mol. The largest absolute Gasteiger partial charge is 0.423 e. The van der Waals surface area contributed by atoms with E-state index in [4.69, 9.17) is 4.43 Å². The Kier molecular flexibility index (Phi) is 7.67. The van der Waals surface area contributed by atoms with E-state index in [2.05, 4.69) is 27.7 Å². The highest BCUT2D eigenvalue weighted by atomic mass is 28.3. The van der Waals surface area contributed by atoms with Crippen molar-refractivity contribution in [3.05, 3.63) is 0 Å². The molecule has 80 valence electrons. The lowest BCUT2D eigenvalue weighted by Crippen LogP contribution is -2.26. The Morgan fingerprint density at radius 3 is 1.62 bits per heavy atom. The van der Waals surface area contributed by atoms with Gasteiger partial charge in [-0.3, -0.25) is 0 Å². The molecule has 0 radical (unpaired) electrons. The Labute approximate surface area is 85.6 Å². The molecule has 0 aromatic rings. The summed E-state index contributed by atoms with van der Waals surface area (Å²) in [6.07, 6.45) is 5.29. The molecule has 0 saturated carbocycles. The van der Waals surface area contributed by atoms with E-state index in [9.17, 15) is 0 Å². The van der Waals surface area contributed by atoms with Gasteiger partial charge in [-0.05, 0) is 11.1 Å². The Morgan fingerprint density at radius 1 is 1.00 bits per heavy atom. The van der Waals surface area contributed by atoms with E-state index in [0.717, 1.165) is 11.1 Å². The van der Waals surface area contributed by atoms with Crippen LogP contribution in [0.5, 0.6) is 0 Å². The minimum atomic E-state index is -0.937. The highest BCUT2D eigenvalue weighted by molar-refractivity contribution is 6.55. The highest BCUT2D eigenvalue weighted by Gasteiger charge is 2.24. The molecule has 0 aromatic heterocycles. The van der Waals surface area contributed by atoms with Crippen LogP contribution >= 0.6 is 0 Å². The van der Waals surface area contributed by atoms with Crippen LogP contribution in [0.1, 0.15) is 53.4 Å². The highest BCUT2D eigenvalue weighted by Crippen LogP contribution is 2.28. The second-order valence-corrected chi connectivity index (χ2v) is 7.91. The third kappa shape index (κ3) is 4.82. The normalized spacial score (nSPS) is 18.2. The van der Waals surface area contributed by atoms with Crippen molar-refractivity contribution in [3.8, 4) is 0 Å². The van der Waals surface area contributed by atoms with Gasteiger partial charge in [-0.25, -0.2) is 0 Å². The van der Waals surface area contributed by atoms with Crippen molar-refractivity contribution in [2.45, 2.75) is 64.5 Å². The van der Waals surface area contributed by atoms with E-state index >= 15 is 0 Å². The van der Waals surface area contributed by atoms with Crippen LogP contribution in [0, 0.1) is 0 Å². The van der Waals surface area contributed by atoms with Gasteiger partial charge in [-0.15, -0.1) is 0 Å². The second-order valence-electron chi connectivity index (χ2n) is 4.23. The first kappa shape index (κ1) is 13.2. The number of hydrogen-bond acceptors (Lipinski definition) is 1. The standard InChI is InChI=1S/C11H26OSi/c1-6-8-10(3)13(12-5)11(4)9-7-2/h10-11,13H,6-9H2,1-5H3. The van der Waals surface area contributed by atoms with Gasteiger partial charge in [0.25, 0.3) is 0 Å². The van der Waals surface area contributed by atoms with Crippen LogP contribution in [0.2, 0.25) is 11.1 Å². The summed E-state index contributed by atoms with van der Waals surface area (Å²) in [4.78, 5) is 0. The summed E-state index contributed by atoms with van der Waals surface area (Å²) in [7, 11) is 0.975. The van der Waals surface area contributed by atoms with Gasteiger partial charge in [0.1, 0.15) is 0 Å². The number of rotatable bonds is 7. The van der Waals surface area contributed by atoms with Crippen molar-refractivity contribution >= 4 is 9.04 Å². The zero-order valence-electron chi connectivity index (χ0n) is 9.97. The monoisotopic (exact) mass is 202 g/mol. The first-order chi connectivity index (χ1) is 6.17. The van der Waals surface area contributed by atoms with Gasteiger partial charge in [-0.2, -0.15) is 0 Å². The van der Waals surface area contributed by atoms with Crippen LogP contribution in [-0.2, 0) is 4.43 Å². The molecule has 0 fully saturated rings. The van der Waals surface area contributed by atoms with Gasteiger partial charge in [0, 0.05) is 7.11 Å². The van der Waals surface area contributed by atoms with Crippen molar-refractivity contribution in [2.75, 3.05) is 7.11 Å². The van der Waals surface area contributed by atoms with Crippen LogP contribution in [0.15, 0.2) is 0 Å². The van der Waals surface area contributed by atoms with Crippen molar-refractivity contribution in [3.63, 3.8) is 0 Å². The van der Waals surface area contributed by atoms with Gasteiger partial charge in [-0.1, -0.05) is 53.4 Å². The molecule has 0 bridgehead atoms. The molecule has 0 N–H and O–H groups in total. The lowest BCUT2D eigenvalue weighted by Gasteiger charge is -2.26. The van der Waals surface area contributed by atoms with Gasteiger partial charge in [0.15, 0.2) is 9.04 Å². The van der Waals surface area contributed by atoms with Crippen LogP contribution in [0.4, 0.5) is 0 Å². The van der Waals surface area contributed by atoms with Gasteiger partial charge in [0.2, 0.25) is 0 Å². The van der Waals surface area contributed by atoms with Crippen LogP contribution < -0.4 is 0 Å². The Morgan fingerprint density at radius 2 is 1.38 bits per heavy atom. The average molecular weight is 202 g/mol. The van der Waals surface area contributed by atoms with E-state index in [1.807, 2.05) is 7.11 Å². The van der Waals surface area contributed by atoms with Crippen LogP contribution in [0.25, 0.3) is 0 Å². The van der Waals surface area contributed by atoms with E-state index in [0.29, 0.717) is 0 Å². The fraction of sp³-hybridized carbons (Fsp3) is 1.00.